The van der Waals surface area contributed by atoms with Gasteiger partial charge < -0.3 is 10.1 Å². The van der Waals surface area contributed by atoms with Crippen molar-refractivity contribution in [2.24, 2.45) is 0 Å². The Hall–Kier alpha value is -3.13. The van der Waals surface area contributed by atoms with Crippen LogP contribution < -0.4 is 5.32 Å². The Morgan fingerprint density at radius 1 is 1.14 bits per heavy atom. The molecule has 1 aromatic heterocycles. The molecule has 0 radical (unpaired) electrons. The maximum atomic E-state index is 13.6. The number of anilines is 1. The van der Waals surface area contributed by atoms with E-state index in [9.17, 15) is 18.4 Å². The summed E-state index contributed by atoms with van der Waals surface area (Å²) in [5, 5.41) is 4.27. The molecule has 5 nitrogen and oxygen atoms in total. The number of ether oxygens (including phenoxy) is 1. The summed E-state index contributed by atoms with van der Waals surface area (Å²) in [5.74, 6) is -3.49. The monoisotopic (exact) mass is 416 g/mol. The average molecular weight is 416 g/mol. The zero-order chi connectivity index (χ0) is 21.0. The van der Waals surface area contributed by atoms with Gasteiger partial charge in [0.05, 0.1) is 0 Å². The minimum atomic E-state index is -1.27. The van der Waals surface area contributed by atoms with Crippen molar-refractivity contribution in [3.05, 3.63) is 70.7 Å². The van der Waals surface area contributed by atoms with Gasteiger partial charge in [0.25, 0.3) is 5.91 Å². The van der Waals surface area contributed by atoms with Gasteiger partial charge in [-0.15, -0.1) is 11.3 Å². The van der Waals surface area contributed by atoms with Crippen molar-refractivity contribution < 1.29 is 23.1 Å². The molecular weight excluding hydrogens is 398 g/mol. The fourth-order valence-corrected chi connectivity index (χ4v) is 3.30. The van der Waals surface area contributed by atoms with Crippen LogP contribution >= 0.6 is 11.3 Å². The summed E-state index contributed by atoms with van der Waals surface area (Å²) in [5.41, 5.74) is 1.52. The fourth-order valence-electron chi connectivity index (χ4n) is 2.50. The molecule has 8 heteroatoms. The van der Waals surface area contributed by atoms with Crippen LogP contribution in [0.15, 0.2) is 47.8 Å². The largest absolute Gasteiger partial charge is 0.448 e. The van der Waals surface area contributed by atoms with E-state index in [1.54, 1.807) is 0 Å². The first-order valence-corrected chi connectivity index (χ1v) is 9.77. The number of carbonyl (C=O) groups excluding carboxylic acids is 2. The first kappa shape index (κ1) is 20.6. The maximum Gasteiger partial charge on any atom is 0.358 e. The Labute approximate surface area is 170 Å². The second-order valence-corrected chi connectivity index (χ2v) is 7.08. The molecule has 0 saturated heterocycles. The highest BCUT2D eigenvalue weighted by molar-refractivity contribution is 7.13. The standard InChI is InChI=1S/C21H18F2N2O3S/c1-3-13-7-9-14(10-8-13)20-24-17(11-29-20)21(27)28-12(2)19(26)25-18-15(22)5-4-6-16(18)23/h4-12H,3H2,1-2H3,(H,25,26)/t12-/m0/s1. The van der Waals surface area contributed by atoms with Crippen molar-refractivity contribution in [2.75, 3.05) is 5.32 Å². The lowest BCUT2D eigenvalue weighted by atomic mass is 10.1. The van der Waals surface area contributed by atoms with E-state index in [2.05, 4.69) is 17.2 Å². The normalized spacial score (nSPS) is 11.7. The van der Waals surface area contributed by atoms with E-state index in [1.807, 2.05) is 24.3 Å². The third kappa shape index (κ3) is 4.83. The maximum absolute atomic E-state index is 13.6. The molecular formula is C21H18F2N2O3S. The van der Waals surface area contributed by atoms with E-state index in [4.69, 9.17) is 4.74 Å². The molecule has 0 aliphatic heterocycles. The highest BCUT2D eigenvalue weighted by Crippen LogP contribution is 2.25. The number of rotatable bonds is 6. The summed E-state index contributed by atoms with van der Waals surface area (Å²) in [7, 11) is 0. The average Bonchev–Trinajstić information content (AvgIpc) is 3.21. The highest BCUT2D eigenvalue weighted by Gasteiger charge is 2.23. The van der Waals surface area contributed by atoms with Crippen molar-refractivity contribution in [3.63, 3.8) is 0 Å². The number of esters is 1. The predicted molar refractivity (Wildman–Crippen MR) is 107 cm³/mol. The number of thiazole rings is 1. The van der Waals surface area contributed by atoms with Gasteiger partial charge in [-0.25, -0.2) is 18.6 Å². The molecule has 0 aliphatic rings. The Morgan fingerprint density at radius 3 is 2.41 bits per heavy atom. The van der Waals surface area contributed by atoms with Crippen molar-refractivity contribution >= 4 is 28.9 Å². The van der Waals surface area contributed by atoms with Gasteiger partial charge in [0.15, 0.2) is 11.8 Å². The van der Waals surface area contributed by atoms with E-state index in [1.165, 1.54) is 35.3 Å². The van der Waals surface area contributed by atoms with Crippen LogP contribution in [-0.4, -0.2) is 23.0 Å². The van der Waals surface area contributed by atoms with Gasteiger partial charge in [-0.05, 0) is 31.0 Å². The summed E-state index contributed by atoms with van der Waals surface area (Å²) < 4.78 is 32.4. The number of nitrogens with one attached hydrogen (secondary N) is 1. The van der Waals surface area contributed by atoms with Crippen molar-refractivity contribution in [3.8, 4) is 10.6 Å². The van der Waals surface area contributed by atoms with Crippen LogP contribution in [0, 0.1) is 11.6 Å². The quantitative estimate of drug-likeness (QED) is 0.584. The number of amides is 1. The number of carbonyl (C=O) groups is 2. The molecule has 0 bridgehead atoms. The molecule has 0 saturated carbocycles. The van der Waals surface area contributed by atoms with Crippen molar-refractivity contribution in [1.29, 1.82) is 0 Å². The smallest absolute Gasteiger partial charge is 0.358 e. The molecule has 1 N–H and O–H groups in total. The Morgan fingerprint density at radius 2 is 1.79 bits per heavy atom. The molecule has 1 amide bonds. The molecule has 3 aromatic rings. The molecule has 0 unspecified atom stereocenters. The molecule has 0 spiro atoms. The number of aromatic nitrogens is 1. The van der Waals surface area contributed by atoms with Gasteiger partial charge in [-0.2, -0.15) is 0 Å². The first-order valence-electron chi connectivity index (χ1n) is 8.89. The van der Waals surface area contributed by atoms with Gasteiger partial charge in [0.1, 0.15) is 22.3 Å². The molecule has 29 heavy (non-hydrogen) atoms. The lowest BCUT2D eigenvalue weighted by Gasteiger charge is -2.13. The van der Waals surface area contributed by atoms with Crippen LogP contribution in [0.2, 0.25) is 0 Å². The minimum absolute atomic E-state index is 0.0568. The zero-order valence-corrected chi connectivity index (χ0v) is 16.6. The summed E-state index contributed by atoms with van der Waals surface area (Å²) in [4.78, 5) is 28.7. The number of hydrogen-bond acceptors (Lipinski definition) is 5. The second-order valence-electron chi connectivity index (χ2n) is 6.22. The SMILES string of the molecule is CCc1ccc(-c2nc(C(=O)O[C@@H](C)C(=O)Nc3c(F)cccc3F)cs2)cc1. The van der Waals surface area contributed by atoms with Gasteiger partial charge in [-0.1, -0.05) is 37.3 Å². The number of halogens is 2. The van der Waals surface area contributed by atoms with Gasteiger partial charge in [-0.3, -0.25) is 4.79 Å². The van der Waals surface area contributed by atoms with Gasteiger partial charge in [0, 0.05) is 10.9 Å². The summed E-state index contributed by atoms with van der Waals surface area (Å²) in [6, 6.07) is 11.0. The Bertz CT molecular complexity index is 1010. The van der Waals surface area contributed by atoms with Crippen molar-refractivity contribution in [2.45, 2.75) is 26.4 Å². The van der Waals surface area contributed by atoms with E-state index in [-0.39, 0.29) is 5.69 Å². The molecule has 1 heterocycles. The van der Waals surface area contributed by atoms with E-state index >= 15 is 0 Å². The van der Waals surface area contributed by atoms with Crippen LogP contribution in [0.25, 0.3) is 10.6 Å². The van der Waals surface area contributed by atoms with E-state index in [0.717, 1.165) is 24.1 Å². The second kappa shape index (κ2) is 8.91. The van der Waals surface area contributed by atoms with Crippen LogP contribution in [-0.2, 0) is 16.0 Å². The number of hydrogen-bond donors (Lipinski definition) is 1. The molecule has 2 aromatic carbocycles. The number of aryl methyl sites for hydroxylation is 1. The number of nitrogens with zero attached hydrogens (tertiary/aromatic N) is 1. The lowest BCUT2D eigenvalue weighted by molar-refractivity contribution is -0.123. The third-order valence-electron chi connectivity index (χ3n) is 4.19. The topological polar surface area (TPSA) is 68.3 Å². The first-order chi connectivity index (χ1) is 13.9. The highest BCUT2D eigenvalue weighted by atomic mass is 32.1. The van der Waals surface area contributed by atoms with E-state index < -0.39 is 35.3 Å². The molecule has 150 valence electrons. The van der Waals surface area contributed by atoms with Crippen LogP contribution in [0.1, 0.15) is 29.9 Å². The van der Waals surface area contributed by atoms with E-state index in [0.29, 0.717) is 5.01 Å². The van der Waals surface area contributed by atoms with Crippen LogP contribution in [0.4, 0.5) is 14.5 Å². The van der Waals surface area contributed by atoms with Crippen LogP contribution in [0.5, 0.6) is 0 Å². The van der Waals surface area contributed by atoms with Gasteiger partial charge >= 0.3 is 5.97 Å². The summed E-state index contributed by atoms with van der Waals surface area (Å²) >= 11 is 1.27. The lowest BCUT2D eigenvalue weighted by Crippen LogP contribution is -2.30. The van der Waals surface area contributed by atoms with Gasteiger partial charge in [0.2, 0.25) is 0 Å². The van der Waals surface area contributed by atoms with Crippen LogP contribution in [0.3, 0.4) is 0 Å². The molecule has 0 aliphatic carbocycles. The molecule has 1 atom stereocenters. The summed E-state index contributed by atoms with van der Waals surface area (Å²) in [6.45, 7) is 3.37. The Kier molecular flexibility index (Phi) is 6.33. The Balaban J connectivity index is 1.65. The third-order valence-corrected chi connectivity index (χ3v) is 5.08. The van der Waals surface area contributed by atoms with Crippen molar-refractivity contribution in [1.82, 2.24) is 4.98 Å². The number of benzene rings is 2. The predicted octanol–water partition coefficient (Wildman–Crippen LogP) is 4.83. The molecule has 0 fully saturated rings. The fraction of sp³-hybridized carbons (Fsp3) is 0.190. The summed E-state index contributed by atoms with van der Waals surface area (Å²) in [6.07, 6.45) is -0.345. The zero-order valence-electron chi connectivity index (χ0n) is 15.7. The minimum Gasteiger partial charge on any atom is -0.448 e. The molecule has 3 rings (SSSR count). The number of para-hydroxylation sites is 1.